The van der Waals surface area contributed by atoms with Crippen LogP contribution in [0.4, 0.5) is 13.2 Å². The lowest BCUT2D eigenvalue weighted by Crippen LogP contribution is -2.51. The Morgan fingerprint density at radius 3 is 2.00 bits per heavy atom. The van der Waals surface area contributed by atoms with Crippen LogP contribution >= 0.6 is 0 Å². The summed E-state index contributed by atoms with van der Waals surface area (Å²) >= 11 is 0. The van der Waals surface area contributed by atoms with Crippen molar-refractivity contribution in [2.45, 2.75) is 58.2 Å². The van der Waals surface area contributed by atoms with Gasteiger partial charge in [-0.25, -0.2) is 13.2 Å². The molecule has 0 aliphatic carbocycles. The molecule has 0 N–H and O–H groups in total. The first kappa shape index (κ1) is 22.2. The van der Waals surface area contributed by atoms with Crippen molar-refractivity contribution in [2.75, 3.05) is 0 Å². The number of hydrogen-bond donors (Lipinski definition) is 0. The maximum absolute atomic E-state index is 15.1. The second kappa shape index (κ2) is 7.96. The molecular formula is C24H27F3N2Si. The Hall–Kier alpha value is -2.52. The molecule has 3 aromatic rings. The molecule has 0 aliphatic heterocycles. The highest BCUT2D eigenvalue weighted by Gasteiger charge is 2.46. The molecule has 0 amide bonds. The number of halogens is 3. The number of fused-ring (bicyclic) bond motifs is 1. The number of rotatable bonds is 5. The normalized spacial score (nSPS) is 12.4. The molecule has 0 atom stereocenters. The fourth-order valence-corrected chi connectivity index (χ4v) is 12.1. The smallest absolute Gasteiger partial charge is 0.169 e. The van der Waals surface area contributed by atoms with E-state index >= 15 is 4.39 Å². The largest absolute Gasteiger partial charge is 0.373 e. The van der Waals surface area contributed by atoms with Gasteiger partial charge in [0.2, 0.25) is 0 Å². The summed E-state index contributed by atoms with van der Waals surface area (Å²) in [7, 11) is -2.22. The Labute approximate surface area is 177 Å². The van der Waals surface area contributed by atoms with Gasteiger partial charge in [-0.1, -0.05) is 59.7 Å². The Bertz CT molecular complexity index is 1120. The van der Waals surface area contributed by atoms with E-state index in [9.17, 15) is 14.0 Å². The summed E-state index contributed by atoms with van der Waals surface area (Å²) in [4.78, 5) is 0. The molecule has 1 heterocycles. The molecule has 1 aromatic heterocycles. The minimum absolute atomic E-state index is 0.345. The second-order valence-corrected chi connectivity index (χ2v) is 14.5. The van der Waals surface area contributed by atoms with Gasteiger partial charge in [0.05, 0.1) is 5.56 Å². The fourth-order valence-electron chi connectivity index (χ4n) is 5.47. The van der Waals surface area contributed by atoms with Crippen LogP contribution in [0, 0.1) is 28.8 Å². The van der Waals surface area contributed by atoms with Crippen LogP contribution < -0.4 is 0 Å². The molecule has 3 rings (SSSR count). The summed E-state index contributed by atoms with van der Waals surface area (Å²) in [5, 5.41) is 9.88. The monoisotopic (exact) mass is 428 g/mol. The van der Waals surface area contributed by atoms with Gasteiger partial charge in [-0.15, -0.1) is 0 Å². The van der Waals surface area contributed by atoms with Crippen LogP contribution in [0.2, 0.25) is 16.6 Å². The Balaban J connectivity index is 2.48. The SMILES string of the molecule is CC(C)[Si](C(C)C)(C(C)C)n1cc(-c2c(F)cc(F)c(C#N)c2F)c2ccccc21. The van der Waals surface area contributed by atoms with Crippen molar-refractivity contribution in [3.8, 4) is 17.2 Å². The third kappa shape index (κ3) is 3.07. The van der Waals surface area contributed by atoms with Gasteiger partial charge in [-0.2, -0.15) is 5.26 Å². The molecule has 2 aromatic carbocycles. The van der Waals surface area contributed by atoms with Gasteiger partial charge in [0.25, 0.3) is 0 Å². The van der Waals surface area contributed by atoms with Gasteiger partial charge in [0, 0.05) is 28.7 Å². The summed E-state index contributed by atoms with van der Waals surface area (Å²) in [6.07, 6.45) is 1.83. The third-order valence-corrected chi connectivity index (χ3v) is 13.2. The summed E-state index contributed by atoms with van der Waals surface area (Å²) < 4.78 is 46.1. The van der Waals surface area contributed by atoms with E-state index in [0.29, 0.717) is 33.6 Å². The van der Waals surface area contributed by atoms with Crippen LogP contribution in [0.25, 0.3) is 22.0 Å². The van der Waals surface area contributed by atoms with Gasteiger partial charge in [-0.3, -0.25) is 0 Å². The van der Waals surface area contributed by atoms with E-state index in [1.54, 1.807) is 0 Å². The highest BCUT2D eigenvalue weighted by Crippen LogP contribution is 2.46. The van der Waals surface area contributed by atoms with E-state index in [0.717, 1.165) is 5.52 Å². The molecule has 0 saturated carbocycles. The maximum atomic E-state index is 15.1. The number of aromatic nitrogens is 1. The fraction of sp³-hybridized carbons (Fsp3) is 0.375. The first-order valence-corrected chi connectivity index (χ1v) is 12.4. The van der Waals surface area contributed by atoms with Crippen molar-refractivity contribution in [1.29, 1.82) is 5.26 Å². The first-order valence-electron chi connectivity index (χ1n) is 10.3. The topological polar surface area (TPSA) is 28.7 Å². The van der Waals surface area contributed by atoms with Crippen LogP contribution in [0.5, 0.6) is 0 Å². The molecule has 158 valence electrons. The van der Waals surface area contributed by atoms with E-state index < -0.39 is 31.3 Å². The van der Waals surface area contributed by atoms with E-state index in [4.69, 9.17) is 0 Å². The van der Waals surface area contributed by atoms with Crippen LogP contribution in [-0.2, 0) is 0 Å². The molecule has 0 spiro atoms. The minimum atomic E-state index is -2.22. The lowest BCUT2D eigenvalue weighted by Gasteiger charge is -2.44. The van der Waals surface area contributed by atoms with E-state index in [1.807, 2.05) is 30.5 Å². The average Bonchev–Trinajstić information content (AvgIpc) is 3.01. The zero-order valence-electron chi connectivity index (χ0n) is 18.2. The predicted molar refractivity (Wildman–Crippen MR) is 118 cm³/mol. The molecule has 6 heteroatoms. The summed E-state index contributed by atoms with van der Waals surface area (Å²) in [5.41, 5.74) is 1.29. The number of nitriles is 1. The van der Waals surface area contributed by atoms with Crippen LogP contribution in [0.15, 0.2) is 36.5 Å². The van der Waals surface area contributed by atoms with Crippen LogP contribution in [0.1, 0.15) is 47.1 Å². The lowest BCUT2D eigenvalue weighted by atomic mass is 10.0. The number of para-hydroxylation sites is 1. The maximum Gasteiger partial charge on any atom is 0.169 e. The van der Waals surface area contributed by atoms with Crippen molar-refractivity contribution >= 4 is 19.1 Å². The minimum Gasteiger partial charge on any atom is -0.373 e. The first-order chi connectivity index (χ1) is 14.1. The van der Waals surface area contributed by atoms with Crippen molar-refractivity contribution in [3.63, 3.8) is 0 Å². The Morgan fingerprint density at radius 2 is 1.47 bits per heavy atom. The Kier molecular flexibility index (Phi) is 5.88. The number of benzene rings is 2. The van der Waals surface area contributed by atoms with E-state index in [-0.39, 0.29) is 5.56 Å². The molecule has 0 fully saturated rings. The zero-order chi connectivity index (χ0) is 22.4. The van der Waals surface area contributed by atoms with Crippen LogP contribution in [-0.4, -0.2) is 12.5 Å². The molecule has 0 radical (unpaired) electrons. The average molecular weight is 429 g/mol. The van der Waals surface area contributed by atoms with Crippen molar-refractivity contribution in [1.82, 2.24) is 4.23 Å². The second-order valence-electron chi connectivity index (χ2n) is 8.80. The van der Waals surface area contributed by atoms with Crippen molar-refractivity contribution in [3.05, 3.63) is 59.5 Å². The summed E-state index contributed by atoms with van der Waals surface area (Å²) in [6.45, 7) is 13.3. The summed E-state index contributed by atoms with van der Waals surface area (Å²) in [6, 6.07) is 9.66. The molecule has 0 aliphatic rings. The van der Waals surface area contributed by atoms with Crippen molar-refractivity contribution < 1.29 is 13.2 Å². The van der Waals surface area contributed by atoms with Gasteiger partial charge in [0.15, 0.2) is 14.1 Å². The third-order valence-electron chi connectivity index (χ3n) is 6.46. The highest BCUT2D eigenvalue weighted by molar-refractivity contribution is 6.82. The molecular weight excluding hydrogens is 401 g/mol. The number of nitrogens with zero attached hydrogens (tertiary/aromatic N) is 2. The van der Waals surface area contributed by atoms with Crippen LogP contribution in [0.3, 0.4) is 0 Å². The van der Waals surface area contributed by atoms with Crippen molar-refractivity contribution in [2.24, 2.45) is 0 Å². The van der Waals surface area contributed by atoms with E-state index in [2.05, 4.69) is 45.8 Å². The molecule has 2 nitrogen and oxygen atoms in total. The standard InChI is InChI=1S/C24H27F3N2Si/c1-14(2)30(15(3)4,16(5)6)29-13-19(17-9-7-8-10-22(17)29)23-21(26)11-20(25)18(12-28)24(23)27/h7-11,13-16H,1-6H3. The predicted octanol–water partition coefficient (Wildman–Crippen LogP) is 7.62. The van der Waals surface area contributed by atoms with Gasteiger partial charge < -0.3 is 4.23 Å². The lowest BCUT2D eigenvalue weighted by molar-refractivity contribution is 0.543. The van der Waals surface area contributed by atoms with E-state index in [1.165, 1.54) is 6.07 Å². The molecule has 0 saturated heterocycles. The quantitative estimate of drug-likeness (QED) is 0.384. The highest BCUT2D eigenvalue weighted by atomic mass is 28.3. The molecule has 30 heavy (non-hydrogen) atoms. The van der Waals surface area contributed by atoms with Gasteiger partial charge >= 0.3 is 0 Å². The van der Waals surface area contributed by atoms with Gasteiger partial charge in [0.1, 0.15) is 23.3 Å². The van der Waals surface area contributed by atoms with Gasteiger partial charge in [-0.05, 0) is 22.7 Å². The molecule has 0 unspecified atom stereocenters. The number of hydrogen-bond acceptors (Lipinski definition) is 1. The molecule has 0 bridgehead atoms. The Morgan fingerprint density at radius 1 is 0.900 bits per heavy atom. The summed E-state index contributed by atoms with van der Waals surface area (Å²) in [5.74, 6) is -3.34. The zero-order valence-corrected chi connectivity index (χ0v) is 19.2.